The number of amides is 1. The second-order valence-electron chi connectivity index (χ2n) is 3.24. The van der Waals surface area contributed by atoms with Crippen molar-refractivity contribution in [1.29, 1.82) is 0 Å². The SMILES string of the molecule is CC(C)(CCCN=[N+]=[N-])OC(N)=O. The molecule has 0 aromatic carbocycles. The molecule has 0 fully saturated rings. The second kappa shape index (κ2) is 5.27. The summed E-state index contributed by atoms with van der Waals surface area (Å²) >= 11 is 0. The molecule has 6 heteroatoms. The van der Waals surface area contributed by atoms with E-state index in [0.29, 0.717) is 19.4 Å². The van der Waals surface area contributed by atoms with E-state index < -0.39 is 11.7 Å². The molecule has 0 saturated heterocycles. The smallest absolute Gasteiger partial charge is 0.405 e. The predicted molar refractivity (Wildman–Crippen MR) is 48.0 cm³/mol. The van der Waals surface area contributed by atoms with Gasteiger partial charge in [-0.25, -0.2) is 4.79 Å². The van der Waals surface area contributed by atoms with E-state index in [1.54, 1.807) is 13.8 Å². The van der Waals surface area contributed by atoms with Gasteiger partial charge in [0.15, 0.2) is 0 Å². The monoisotopic (exact) mass is 186 g/mol. The maximum atomic E-state index is 10.4. The van der Waals surface area contributed by atoms with Crippen molar-refractivity contribution in [1.82, 2.24) is 0 Å². The molecule has 0 aliphatic heterocycles. The third-order valence-corrected chi connectivity index (χ3v) is 1.48. The molecule has 0 unspecified atom stereocenters. The van der Waals surface area contributed by atoms with Gasteiger partial charge in [-0.05, 0) is 32.2 Å². The summed E-state index contributed by atoms with van der Waals surface area (Å²) in [6.07, 6.45) is 0.507. The highest BCUT2D eigenvalue weighted by atomic mass is 16.6. The normalized spacial score (nSPS) is 10.3. The minimum Gasteiger partial charge on any atom is -0.444 e. The van der Waals surface area contributed by atoms with Gasteiger partial charge in [-0.2, -0.15) is 0 Å². The predicted octanol–water partition coefficient (Wildman–Crippen LogP) is 1.95. The number of primary amides is 1. The quantitative estimate of drug-likeness (QED) is 0.307. The molecule has 0 saturated carbocycles. The van der Waals surface area contributed by atoms with Crippen molar-refractivity contribution < 1.29 is 9.53 Å². The van der Waals surface area contributed by atoms with Crippen molar-refractivity contribution in [2.45, 2.75) is 32.3 Å². The maximum Gasteiger partial charge on any atom is 0.405 e. The van der Waals surface area contributed by atoms with Gasteiger partial charge in [0, 0.05) is 11.5 Å². The van der Waals surface area contributed by atoms with Crippen LogP contribution in [0.3, 0.4) is 0 Å². The fourth-order valence-corrected chi connectivity index (χ4v) is 0.944. The third kappa shape index (κ3) is 6.96. The minimum absolute atomic E-state index is 0.405. The Balaban J connectivity index is 3.74. The summed E-state index contributed by atoms with van der Waals surface area (Å²) in [6, 6.07) is 0. The lowest BCUT2D eigenvalue weighted by molar-refractivity contribution is 0.0382. The standard InChI is InChI=1S/C7H14N4O2/c1-7(2,13-6(8)12)4-3-5-10-11-9/h3-5H2,1-2H3,(H2,8,12). The van der Waals surface area contributed by atoms with E-state index in [-0.39, 0.29) is 0 Å². The van der Waals surface area contributed by atoms with E-state index in [2.05, 4.69) is 10.0 Å². The molecule has 6 nitrogen and oxygen atoms in total. The third-order valence-electron chi connectivity index (χ3n) is 1.48. The zero-order valence-electron chi connectivity index (χ0n) is 7.86. The van der Waals surface area contributed by atoms with Crippen LogP contribution in [-0.4, -0.2) is 18.2 Å². The first-order chi connectivity index (χ1) is 5.98. The van der Waals surface area contributed by atoms with Gasteiger partial charge >= 0.3 is 6.09 Å². The van der Waals surface area contributed by atoms with Crippen LogP contribution in [0, 0.1) is 0 Å². The molecule has 1 amide bonds. The van der Waals surface area contributed by atoms with Gasteiger partial charge in [0.2, 0.25) is 0 Å². The lowest BCUT2D eigenvalue weighted by Gasteiger charge is -2.23. The molecule has 0 spiro atoms. The summed E-state index contributed by atoms with van der Waals surface area (Å²) < 4.78 is 4.82. The van der Waals surface area contributed by atoms with Crippen molar-refractivity contribution in [3.8, 4) is 0 Å². The number of rotatable bonds is 5. The number of azide groups is 1. The van der Waals surface area contributed by atoms with E-state index >= 15 is 0 Å². The molecule has 0 aromatic rings. The Kier molecular flexibility index (Phi) is 4.69. The molecule has 0 aliphatic carbocycles. The molecule has 0 aromatic heterocycles. The summed E-state index contributed by atoms with van der Waals surface area (Å²) in [5.74, 6) is 0. The van der Waals surface area contributed by atoms with Gasteiger partial charge in [-0.1, -0.05) is 5.11 Å². The topological polar surface area (TPSA) is 101 Å². The van der Waals surface area contributed by atoms with Gasteiger partial charge in [-0.15, -0.1) is 0 Å². The number of hydrogen-bond acceptors (Lipinski definition) is 3. The molecule has 0 atom stereocenters. The Hall–Kier alpha value is -1.42. The summed E-state index contributed by atoms with van der Waals surface area (Å²) in [6.45, 7) is 3.92. The van der Waals surface area contributed by atoms with E-state index in [9.17, 15) is 4.79 Å². The highest BCUT2D eigenvalue weighted by Gasteiger charge is 2.20. The van der Waals surface area contributed by atoms with Crippen LogP contribution in [-0.2, 0) is 4.74 Å². The van der Waals surface area contributed by atoms with Gasteiger partial charge in [-0.3, -0.25) is 0 Å². The second-order valence-corrected chi connectivity index (χ2v) is 3.24. The largest absolute Gasteiger partial charge is 0.444 e. The molecule has 0 bridgehead atoms. The average molecular weight is 186 g/mol. The van der Waals surface area contributed by atoms with Crippen LogP contribution in [0.2, 0.25) is 0 Å². The van der Waals surface area contributed by atoms with E-state index in [1.165, 1.54) is 0 Å². The first kappa shape index (κ1) is 11.6. The van der Waals surface area contributed by atoms with Gasteiger partial charge in [0.05, 0.1) is 0 Å². The average Bonchev–Trinajstić information content (AvgIpc) is 1.95. The van der Waals surface area contributed by atoms with Crippen LogP contribution in [0.4, 0.5) is 4.79 Å². The first-order valence-corrected chi connectivity index (χ1v) is 3.97. The van der Waals surface area contributed by atoms with Crippen LogP contribution in [0.25, 0.3) is 10.4 Å². The molecule has 0 radical (unpaired) electrons. The lowest BCUT2D eigenvalue weighted by atomic mass is 10.0. The summed E-state index contributed by atoms with van der Waals surface area (Å²) in [7, 11) is 0. The van der Waals surface area contributed by atoms with Crippen molar-refractivity contribution in [3.05, 3.63) is 10.4 Å². The van der Waals surface area contributed by atoms with Crippen molar-refractivity contribution >= 4 is 6.09 Å². The summed E-state index contributed by atoms with van der Waals surface area (Å²) in [5, 5.41) is 3.36. The van der Waals surface area contributed by atoms with Crippen LogP contribution < -0.4 is 5.73 Å². The zero-order chi connectivity index (χ0) is 10.3. The molecule has 0 aliphatic rings. The van der Waals surface area contributed by atoms with Gasteiger partial charge in [0.25, 0.3) is 0 Å². The van der Waals surface area contributed by atoms with Gasteiger partial charge in [0.1, 0.15) is 5.60 Å². The first-order valence-electron chi connectivity index (χ1n) is 3.97. The Bertz CT molecular complexity index is 221. The maximum absolute atomic E-state index is 10.4. The van der Waals surface area contributed by atoms with Crippen molar-refractivity contribution in [2.24, 2.45) is 10.8 Å². The number of carbonyl (C=O) groups is 1. The van der Waals surface area contributed by atoms with E-state index in [4.69, 9.17) is 16.0 Å². The molecule has 2 N–H and O–H groups in total. The molecule has 0 heterocycles. The molecular formula is C7H14N4O2. The molecular weight excluding hydrogens is 172 g/mol. The van der Waals surface area contributed by atoms with Gasteiger partial charge < -0.3 is 10.5 Å². The fraction of sp³-hybridized carbons (Fsp3) is 0.857. The molecule has 0 rings (SSSR count). The Morgan fingerprint density at radius 3 is 2.77 bits per heavy atom. The number of ether oxygens (including phenoxy) is 1. The van der Waals surface area contributed by atoms with Crippen LogP contribution in [0.5, 0.6) is 0 Å². The van der Waals surface area contributed by atoms with Crippen LogP contribution in [0.15, 0.2) is 5.11 Å². The Morgan fingerprint density at radius 2 is 2.31 bits per heavy atom. The minimum atomic E-state index is -0.784. The van der Waals surface area contributed by atoms with E-state index in [1.807, 2.05) is 0 Å². The summed E-state index contributed by atoms with van der Waals surface area (Å²) in [4.78, 5) is 13.0. The van der Waals surface area contributed by atoms with E-state index in [0.717, 1.165) is 0 Å². The van der Waals surface area contributed by atoms with Crippen molar-refractivity contribution in [3.63, 3.8) is 0 Å². The van der Waals surface area contributed by atoms with Crippen molar-refractivity contribution in [2.75, 3.05) is 6.54 Å². The Morgan fingerprint density at radius 1 is 1.69 bits per heavy atom. The fourth-order valence-electron chi connectivity index (χ4n) is 0.944. The molecule has 74 valence electrons. The highest BCUT2D eigenvalue weighted by molar-refractivity contribution is 5.65. The summed E-state index contributed by atoms with van der Waals surface area (Å²) in [5.41, 5.74) is 12.3. The lowest BCUT2D eigenvalue weighted by Crippen LogP contribution is -2.31. The Labute approximate surface area is 76.7 Å². The molecule has 13 heavy (non-hydrogen) atoms. The number of hydrogen-bond donors (Lipinski definition) is 1. The van der Waals surface area contributed by atoms with Crippen LogP contribution in [0.1, 0.15) is 26.7 Å². The zero-order valence-corrected chi connectivity index (χ0v) is 7.86. The highest BCUT2D eigenvalue weighted by Crippen LogP contribution is 2.16. The number of nitrogens with zero attached hydrogens (tertiary/aromatic N) is 3. The number of nitrogens with two attached hydrogens (primary N) is 1. The van der Waals surface area contributed by atoms with Crippen LogP contribution >= 0.6 is 0 Å². The number of carbonyl (C=O) groups excluding carboxylic acids is 1.